The molecule has 1 heterocycles. The van der Waals surface area contributed by atoms with E-state index in [4.69, 9.17) is 0 Å². The standard InChI is InChI=1S/C16H21NO2/c18-16-8-4-3-7-15(16)9-10-17(19)14(16)11-12-5-1-2-6-13(12)15/h1-2,5-6,14,17-18H,3-4,7-11H2/t14-,15+,16-/m1/s1. The second kappa shape index (κ2) is 3.81. The van der Waals surface area contributed by atoms with Crippen molar-refractivity contribution in [2.45, 2.75) is 55.6 Å². The van der Waals surface area contributed by atoms with E-state index in [1.54, 1.807) is 0 Å². The fraction of sp³-hybridized carbons (Fsp3) is 0.625. The highest BCUT2D eigenvalue weighted by Crippen LogP contribution is 2.55. The van der Waals surface area contributed by atoms with Gasteiger partial charge in [0.1, 0.15) is 11.6 Å². The summed E-state index contributed by atoms with van der Waals surface area (Å²) in [7, 11) is 0. The van der Waals surface area contributed by atoms with Crippen molar-refractivity contribution in [3.8, 4) is 0 Å². The number of rotatable bonds is 0. The zero-order valence-corrected chi connectivity index (χ0v) is 11.2. The Morgan fingerprint density at radius 3 is 2.84 bits per heavy atom. The molecule has 1 saturated carbocycles. The first kappa shape index (κ1) is 11.9. The summed E-state index contributed by atoms with van der Waals surface area (Å²) in [5.74, 6) is 0. The molecule has 1 unspecified atom stereocenters. The molecule has 19 heavy (non-hydrogen) atoms. The maximum Gasteiger partial charge on any atom is 0.127 e. The second-order valence-electron chi connectivity index (χ2n) is 6.59. The van der Waals surface area contributed by atoms with Crippen LogP contribution in [0.1, 0.15) is 43.2 Å². The lowest BCUT2D eigenvalue weighted by molar-refractivity contribution is -0.895. The predicted molar refractivity (Wildman–Crippen MR) is 72.8 cm³/mol. The summed E-state index contributed by atoms with van der Waals surface area (Å²) in [5, 5.41) is 24.0. The van der Waals surface area contributed by atoms with Crippen molar-refractivity contribution < 1.29 is 10.2 Å². The van der Waals surface area contributed by atoms with Gasteiger partial charge < -0.3 is 15.4 Å². The number of aliphatic hydroxyl groups is 1. The number of quaternary nitrogens is 1. The molecule has 2 bridgehead atoms. The van der Waals surface area contributed by atoms with E-state index in [0.29, 0.717) is 6.54 Å². The van der Waals surface area contributed by atoms with E-state index in [2.05, 4.69) is 24.3 Å². The lowest BCUT2D eigenvalue weighted by Crippen LogP contribution is -3.17. The zero-order valence-electron chi connectivity index (χ0n) is 11.2. The molecule has 1 aromatic rings. The van der Waals surface area contributed by atoms with E-state index >= 15 is 0 Å². The first-order valence-electron chi connectivity index (χ1n) is 7.51. The predicted octanol–water partition coefficient (Wildman–Crippen LogP) is 0.941. The van der Waals surface area contributed by atoms with E-state index < -0.39 is 5.60 Å². The summed E-state index contributed by atoms with van der Waals surface area (Å²) in [6.45, 7) is 0.654. The average Bonchev–Trinajstić information content (AvgIpc) is 2.43. The summed E-state index contributed by atoms with van der Waals surface area (Å²) in [6, 6.07) is 8.33. The molecule has 0 aromatic heterocycles. The number of fused-ring (bicyclic) bond motifs is 1. The molecule has 1 aromatic carbocycles. The Bertz CT molecular complexity index is 517. The average molecular weight is 259 g/mol. The fourth-order valence-electron chi connectivity index (χ4n) is 5.07. The molecule has 2 aliphatic carbocycles. The lowest BCUT2D eigenvalue weighted by Gasteiger charge is -2.62. The molecule has 1 saturated heterocycles. The molecule has 4 rings (SSSR count). The molecule has 4 atom stereocenters. The van der Waals surface area contributed by atoms with Crippen LogP contribution in [0.3, 0.4) is 0 Å². The molecule has 102 valence electrons. The Labute approximate surface area is 113 Å². The van der Waals surface area contributed by atoms with E-state index in [9.17, 15) is 10.3 Å². The number of hydroxylamine groups is 2. The maximum atomic E-state index is 12.3. The molecule has 2 N–H and O–H groups in total. The van der Waals surface area contributed by atoms with Gasteiger partial charge in [-0.1, -0.05) is 37.1 Å². The molecule has 3 aliphatic rings. The van der Waals surface area contributed by atoms with Gasteiger partial charge in [-0.15, -0.1) is 0 Å². The maximum absolute atomic E-state index is 12.3. The Balaban J connectivity index is 1.96. The van der Waals surface area contributed by atoms with Crippen LogP contribution >= 0.6 is 0 Å². The van der Waals surface area contributed by atoms with Crippen molar-refractivity contribution in [2.75, 3.05) is 6.54 Å². The minimum absolute atomic E-state index is 0.140. The zero-order chi connectivity index (χ0) is 13.1. The summed E-state index contributed by atoms with van der Waals surface area (Å²) >= 11 is 0. The van der Waals surface area contributed by atoms with Crippen molar-refractivity contribution in [3.05, 3.63) is 40.6 Å². The van der Waals surface area contributed by atoms with Crippen LogP contribution in [-0.4, -0.2) is 23.3 Å². The van der Waals surface area contributed by atoms with Crippen LogP contribution in [-0.2, 0) is 11.8 Å². The van der Waals surface area contributed by atoms with Crippen molar-refractivity contribution in [3.63, 3.8) is 0 Å². The van der Waals surface area contributed by atoms with Gasteiger partial charge >= 0.3 is 0 Å². The van der Waals surface area contributed by atoms with Crippen molar-refractivity contribution in [2.24, 2.45) is 0 Å². The second-order valence-corrected chi connectivity index (χ2v) is 6.59. The number of piperidine rings is 1. The molecular formula is C16H21NO2. The molecule has 3 heteroatoms. The molecule has 0 radical (unpaired) electrons. The van der Waals surface area contributed by atoms with Crippen LogP contribution < -0.4 is 5.06 Å². The number of hydrogen-bond donors (Lipinski definition) is 2. The highest BCUT2D eigenvalue weighted by Gasteiger charge is 2.64. The first-order chi connectivity index (χ1) is 9.17. The van der Waals surface area contributed by atoms with Crippen molar-refractivity contribution in [1.29, 1.82) is 0 Å². The molecule has 3 nitrogen and oxygen atoms in total. The summed E-state index contributed by atoms with van der Waals surface area (Å²) in [4.78, 5) is 0. The van der Waals surface area contributed by atoms with Crippen molar-refractivity contribution in [1.82, 2.24) is 0 Å². The highest BCUT2D eigenvalue weighted by molar-refractivity contribution is 5.43. The largest absolute Gasteiger partial charge is 0.634 e. The number of nitrogens with one attached hydrogen (secondary N) is 1. The van der Waals surface area contributed by atoms with Gasteiger partial charge in [0.15, 0.2) is 0 Å². The Morgan fingerprint density at radius 2 is 1.95 bits per heavy atom. The van der Waals surface area contributed by atoms with Crippen LogP contribution in [0.5, 0.6) is 0 Å². The molecule has 0 spiro atoms. The van der Waals surface area contributed by atoms with Crippen LogP contribution in [0.15, 0.2) is 24.3 Å². The topological polar surface area (TPSA) is 47.7 Å². The van der Waals surface area contributed by atoms with Crippen LogP contribution in [0, 0.1) is 5.21 Å². The molecule has 0 amide bonds. The van der Waals surface area contributed by atoms with Crippen LogP contribution in [0.2, 0.25) is 0 Å². The van der Waals surface area contributed by atoms with Gasteiger partial charge in [-0.25, -0.2) is 0 Å². The highest BCUT2D eigenvalue weighted by atomic mass is 16.5. The van der Waals surface area contributed by atoms with Gasteiger partial charge in [-0.3, -0.25) is 0 Å². The SMILES string of the molecule is [O-][NH+]1CC[C@]23CCCC[C@@]2(O)[C@H]1Cc1ccccc13. The van der Waals surface area contributed by atoms with E-state index in [1.165, 1.54) is 17.5 Å². The van der Waals surface area contributed by atoms with Crippen LogP contribution in [0.4, 0.5) is 0 Å². The third-order valence-corrected chi connectivity index (χ3v) is 5.96. The van der Waals surface area contributed by atoms with Gasteiger partial charge in [-0.05, 0) is 24.0 Å². The number of benzene rings is 1. The summed E-state index contributed by atoms with van der Waals surface area (Å²) in [5.41, 5.74) is 1.72. The molecule has 2 fully saturated rings. The molecule has 1 aliphatic heterocycles. The van der Waals surface area contributed by atoms with Gasteiger partial charge in [-0.2, -0.15) is 0 Å². The monoisotopic (exact) mass is 259 g/mol. The number of hydrogen-bond acceptors (Lipinski definition) is 2. The Morgan fingerprint density at radius 1 is 1.16 bits per heavy atom. The lowest BCUT2D eigenvalue weighted by atomic mass is 9.50. The van der Waals surface area contributed by atoms with E-state index in [1.807, 2.05) is 0 Å². The fourth-order valence-corrected chi connectivity index (χ4v) is 5.07. The Hall–Kier alpha value is -0.900. The van der Waals surface area contributed by atoms with E-state index in [0.717, 1.165) is 32.1 Å². The first-order valence-corrected chi connectivity index (χ1v) is 7.51. The smallest absolute Gasteiger partial charge is 0.127 e. The minimum Gasteiger partial charge on any atom is -0.634 e. The minimum atomic E-state index is -0.769. The van der Waals surface area contributed by atoms with Crippen LogP contribution in [0.25, 0.3) is 0 Å². The molecular weight excluding hydrogens is 238 g/mol. The quantitative estimate of drug-likeness (QED) is 0.681. The van der Waals surface area contributed by atoms with Gasteiger partial charge in [0, 0.05) is 18.3 Å². The normalized spacial score (nSPS) is 44.3. The third kappa shape index (κ3) is 1.33. The summed E-state index contributed by atoms with van der Waals surface area (Å²) < 4.78 is 0. The van der Waals surface area contributed by atoms with Gasteiger partial charge in [0.25, 0.3) is 0 Å². The van der Waals surface area contributed by atoms with Gasteiger partial charge in [0.2, 0.25) is 0 Å². The van der Waals surface area contributed by atoms with Crippen molar-refractivity contribution >= 4 is 0 Å². The summed E-state index contributed by atoms with van der Waals surface area (Å²) in [6.07, 6.45) is 5.67. The van der Waals surface area contributed by atoms with E-state index in [-0.39, 0.29) is 16.5 Å². The van der Waals surface area contributed by atoms with Gasteiger partial charge in [0.05, 0.1) is 6.54 Å². The third-order valence-electron chi connectivity index (χ3n) is 5.96. The Kier molecular flexibility index (Phi) is 2.39.